The molecule has 3 N–H and O–H groups in total. The number of hydrogen-bond donors (Lipinski definition) is 2. The van der Waals surface area contributed by atoms with Crippen molar-refractivity contribution >= 4 is 5.91 Å². The van der Waals surface area contributed by atoms with Gasteiger partial charge in [-0.15, -0.1) is 0 Å². The van der Waals surface area contributed by atoms with E-state index in [-0.39, 0.29) is 42.1 Å². The zero-order valence-electron chi connectivity index (χ0n) is 19.6. The van der Waals surface area contributed by atoms with Crippen LogP contribution < -0.4 is 20.5 Å². The Morgan fingerprint density at radius 1 is 1.14 bits per heavy atom. The maximum absolute atomic E-state index is 13.9. The largest absolute Gasteiger partial charge is 0.489 e. The molecule has 1 saturated heterocycles. The summed E-state index contributed by atoms with van der Waals surface area (Å²) >= 11 is 0. The topological polar surface area (TPSA) is 109 Å². The average molecular weight is 500 g/mol. The zero-order valence-corrected chi connectivity index (χ0v) is 19.6. The van der Waals surface area contributed by atoms with Crippen molar-refractivity contribution in [2.75, 3.05) is 19.8 Å². The standard InChI is InChI=1S/C26H27F2N3O5/c27-18-5-3-17(20(28)10-18)12-30-25(32)24-23(11-29)36-26(31-24)16-4-6-21(35-19-7-8-33-14-19)22(9-16)34-13-15-1-2-15/h3-6,9-10,15,19H,1-2,7-8,11-14,29H2,(H,30,32). The number of benzene rings is 2. The number of halogens is 2. The molecule has 2 aromatic carbocycles. The molecule has 3 aromatic rings. The highest BCUT2D eigenvalue weighted by atomic mass is 19.1. The number of carbonyl (C=O) groups is 1. The lowest BCUT2D eigenvalue weighted by atomic mass is 10.2. The van der Waals surface area contributed by atoms with Gasteiger partial charge in [-0.2, -0.15) is 0 Å². The highest BCUT2D eigenvalue weighted by Gasteiger charge is 2.25. The molecule has 10 heteroatoms. The minimum absolute atomic E-state index is 0.00102. The van der Waals surface area contributed by atoms with Crippen LogP contribution in [0.2, 0.25) is 0 Å². The smallest absolute Gasteiger partial charge is 0.273 e. The molecule has 1 atom stereocenters. The summed E-state index contributed by atoms with van der Waals surface area (Å²) in [6.45, 7) is 1.58. The van der Waals surface area contributed by atoms with Crippen LogP contribution in [0.5, 0.6) is 11.5 Å². The average Bonchev–Trinajstić information content (AvgIpc) is 3.36. The molecule has 0 bridgehead atoms. The molecule has 36 heavy (non-hydrogen) atoms. The molecular formula is C26H27F2N3O5. The fourth-order valence-electron chi connectivity index (χ4n) is 3.84. The van der Waals surface area contributed by atoms with Gasteiger partial charge in [0, 0.05) is 30.2 Å². The van der Waals surface area contributed by atoms with Crippen LogP contribution in [0, 0.1) is 17.6 Å². The van der Waals surface area contributed by atoms with E-state index in [0.29, 0.717) is 42.8 Å². The van der Waals surface area contributed by atoms with E-state index in [1.165, 1.54) is 6.07 Å². The molecule has 1 aromatic heterocycles. The van der Waals surface area contributed by atoms with Crippen molar-refractivity contribution in [3.8, 4) is 23.0 Å². The second-order valence-corrected chi connectivity index (χ2v) is 8.93. The normalized spacial score (nSPS) is 17.2. The Hall–Kier alpha value is -3.50. The first kappa shape index (κ1) is 24.2. The van der Waals surface area contributed by atoms with E-state index in [9.17, 15) is 13.6 Å². The maximum Gasteiger partial charge on any atom is 0.273 e. The molecule has 1 aliphatic heterocycles. The fraction of sp³-hybridized carbons (Fsp3) is 0.385. The number of nitrogens with one attached hydrogen (secondary N) is 1. The van der Waals surface area contributed by atoms with Crippen molar-refractivity contribution in [1.82, 2.24) is 10.3 Å². The van der Waals surface area contributed by atoms with Crippen molar-refractivity contribution in [2.24, 2.45) is 11.7 Å². The van der Waals surface area contributed by atoms with Gasteiger partial charge < -0.3 is 29.7 Å². The van der Waals surface area contributed by atoms with E-state index in [1.54, 1.807) is 18.2 Å². The molecule has 0 radical (unpaired) electrons. The summed E-state index contributed by atoms with van der Waals surface area (Å²) in [5.74, 6) is 0.0784. The summed E-state index contributed by atoms with van der Waals surface area (Å²) in [4.78, 5) is 17.1. The second-order valence-electron chi connectivity index (χ2n) is 8.93. The number of rotatable bonds is 10. The van der Waals surface area contributed by atoms with Crippen molar-refractivity contribution in [3.05, 3.63) is 65.1 Å². The Bertz CT molecular complexity index is 1240. The highest BCUT2D eigenvalue weighted by Crippen LogP contribution is 2.37. The van der Waals surface area contributed by atoms with Crippen LogP contribution in [0.15, 0.2) is 40.8 Å². The molecule has 1 saturated carbocycles. The first-order chi connectivity index (χ1) is 17.5. The molecule has 5 rings (SSSR count). The molecule has 1 amide bonds. The Balaban J connectivity index is 1.35. The van der Waals surface area contributed by atoms with Gasteiger partial charge in [-0.05, 0) is 43.0 Å². The van der Waals surface area contributed by atoms with Crippen molar-refractivity contribution < 1.29 is 32.2 Å². The number of nitrogens with two attached hydrogens (primary N) is 1. The van der Waals surface area contributed by atoms with Gasteiger partial charge >= 0.3 is 0 Å². The third-order valence-corrected chi connectivity index (χ3v) is 6.10. The van der Waals surface area contributed by atoms with Gasteiger partial charge in [-0.25, -0.2) is 13.8 Å². The number of oxazole rings is 1. The molecule has 1 unspecified atom stereocenters. The van der Waals surface area contributed by atoms with Crippen LogP contribution in [0.3, 0.4) is 0 Å². The summed E-state index contributed by atoms with van der Waals surface area (Å²) in [7, 11) is 0. The van der Waals surface area contributed by atoms with Crippen molar-refractivity contribution in [3.63, 3.8) is 0 Å². The van der Waals surface area contributed by atoms with E-state index in [0.717, 1.165) is 31.4 Å². The van der Waals surface area contributed by atoms with Crippen LogP contribution in [-0.4, -0.2) is 36.8 Å². The van der Waals surface area contributed by atoms with E-state index in [4.69, 9.17) is 24.4 Å². The van der Waals surface area contributed by atoms with E-state index in [1.807, 2.05) is 0 Å². The zero-order chi connectivity index (χ0) is 25.1. The molecule has 2 fully saturated rings. The van der Waals surface area contributed by atoms with Crippen LogP contribution in [0.1, 0.15) is 41.1 Å². The molecule has 2 heterocycles. The van der Waals surface area contributed by atoms with Gasteiger partial charge in [0.05, 0.1) is 26.4 Å². The minimum atomic E-state index is -0.750. The lowest BCUT2D eigenvalue weighted by Crippen LogP contribution is -2.25. The fourth-order valence-corrected chi connectivity index (χ4v) is 3.84. The minimum Gasteiger partial charge on any atom is -0.489 e. The number of ether oxygens (including phenoxy) is 3. The number of aromatic nitrogens is 1. The van der Waals surface area contributed by atoms with Gasteiger partial charge in [0.2, 0.25) is 5.89 Å². The van der Waals surface area contributed by atoms with Crippen LogP contribution in [0.25, 0.3) is 11.5 Å². The SMILES string of the molecule is NCc1oc(-c2ccc(OC3CCOC3)c(OCC3CC3)c2)nc1C(=O)NCc1ccc(F)cc1F. The van der Waals surface area contributed by atoms with Gasteiger partial charge in [0.25, 0.3) is 5.91 Å². The second kappa shape index (κ2) is 10.6. The first-order valence-electron chi connectivity index (χ1n) is 11.9. The Morgan fingerprint density at radius 2 is 2.00 bits per heavy atom. The van der Waals surface area contributed by atoms with Gasteiger partial charge in [-0.1, -0.05) is 6.07 Å². The van der Waals surface area contributed by atoms with Gasteiger partial charge in [-0.3, -0.25) is 4.79 Å². The molecule has 2 aliphatic rings. The van der Waals surface area contributed by atoms with Crippen LogP contribution in [0.4, 0.5) is 8.78 Å². The molecule has 8 nitrogen and oxygen atoms in total. The Kier molecular flexibility index (Phi) is 7.15. The van der Waals surface area contributed by atoms with Crippen LogP contribution in [-0.2, 0) is 17.8 Å². The van der Waals surface area contributed by atoms with Crippen molar-refractivity contribution in [2.45, 2.75) is 38.5 Å². The Morgan fingerprint density at radius 3 is 2.72 bits per heavy atom. The number of amides is 1. The van der Waals surface area contributed by atoms with Gasteiger partial charge in [0.1, 0.15) is 17.7 Å². The number of hydrogen-bond acceptors (Lipinski definition) is 7. The summed E-state index contributed by atoms with van der Waals surface area (Å²) in [6.07, 6.45) is 3.06. The third kappa shape index (κ3) is 5.66. The first-order valence-corrected chi connectivity index (χ1v) is 11.9. The summed E-state index contributed by atoms with van der Waals surface area (Å²) in [6, 6.07) is 8.50. The summed E-state index contributed by atoms with van der Waals surface area (Å²) in [5, 5.41) is 2.58. The number of nitrogens with zero attached hydrogens (tertiary/aromatic N) is 1. The lowest BCUT2D eigenvalue weighted by molar-refractivity contribution is 0.0944. The number of carbonyl (C=O) groups excluding carboxylic acids is 1. The van der Waals surface area contributed by atoms with E-state index >= 15 is 0 Å². The van der Waals surface area contributed by atoms with E-state index in [2.05, 4.69) is 10.3 Å². The molecule has 1 aliphatic carbocycles. The monoisotopic (exact) mass is 499 g/mol. The Labute approximate surface area is 206 Å². The van der Waals surface area contributed by atoms with E-state index < -0.39 is 17.5 Å². The predicted molar refractivity (Wildman–Crippen MR) is 125 cm³/mol. The lowest BCUT2D eigenvalue weighted by Gasteiger charge is -2.16. The summed E-state index contributed by atoms with van der Waals surface area (Å²) < 4.78 is 50.4. The van der Waals surface area contributed by atoms with Gasteiger partial charge in [0.15, 0.2) is 23.0 Å². The van der Waals surface area contributed by atoms with Crippen molar-refractivity contribution in [1.29, 1.82) is 0 Å². The highest BCUT2D eigenvalue weighted by molar-refractivity contribution is 5.93. The molecule has 190 valence electrons. The predicted octanol–water partition coefficient (Wildman–Crippen LogP) is 3.97. The summed E-state index contributed by atoms with van der Waals surface area (Å²) in [5.41, 5.74) is 6.52. The molecular weight excluding hydrogens is 472 g/mol. The maximum atomic E-state index is 13.9. The molecule has 0 spiro atoms. The third-order valence-electron chi connectivity index (χ3n) is 6.10. The quantitative estimate of drug-likeness (QED) is 0.435. The van der Waals surface area contributed by atoms with Crippen LogP contribution >= 0.6 is 0 Å².